The lowest BCUT2D eigenvalue weighted by Gasteiger charge is -2.50. The summed E-state index contributed by atoms with van der Waals surface area (Å²) < 4.78 is 11.4. The number of fused-ring (bicyclic) bond motifs is 2. The molecule has 1 amide bonds. The predicted molar refractivity (Wildman–Crippen MR) is 100 cm³/mol. The molecule has 1 fully saturated rings. The number of para-hydroxylation sites is 1. The number of ether oxygens (including phenoxy) is 2. The first kappa shape index (κ1) is 15.6. The van der Waals surface area contributed by atoms with Crippen molar-refractivity contribution in [3.05, 3.63) is 48.0 Å². The Kier molecular flexibility index (Phi) is 3.55. The number of nitrogens with one attached hydrogen (secondary N) is 1. The van der Waals surface area contributed by atoms with Crippen LogP contribution in [0.25, 0.3) is 0 Å². The number of rotatable bonds is 1. The van der Waals surface area contributed by atoms with Crippen molar-refractivity contribution < 1.29 is 14.3 Å². The third-order valence-electron chi connectivity index (χ3n) is 5.62. The van der Waals surface area contributed by atoms with E-state index in [1.807, 2.05) is 47.4 Å². The van der Waals surface area contributed by atoms with Crippen molar-refractivity contribution in [2.45, 2.75) is 37.8 Å². The van der Waals surface area contributed by atoms with Crippen molar-refractivity contribution in [2.24, 2.45) is 0 Å². The molecule has 0 aromatic heterocycles. The minimum Gasteiger partial charge on any atom is -0.486 e. The lowest BCUT2D eigenvalue weighted by Crippen LogP contribution is -2.61. The van der Waals surface area contributed by atoms with Crippen molar-refractivity contribution in [2.75, 3.05) is 23.4 Å². The Labute approximate surface area is 152 Å². The molecule has 134 valence electrons. The van der Waals surface area contributed by atoms with Crippen LogP contribution in [-0.2, 0) is 0 Å². The summed E-state index contributed by atoms with van der Waals surface area (Å²) in [6.07, 6.45) is 5.34. The summed E-state index contributed by atoms with van der Waals surface area (Å²) in [5, 5.41) is 3.70. The number of hydrogen-bond donors (Lipinski definition) is 1. The Morgan fingerprint density at radius 1 is 0.923 bits per heavy atom. The molecule has 1 spiro atoms. The fourth-order valence-electron chi connectivity index (χ4n) is 4.42. The third kappa shape index (κ3) is 2.34. The van der Waals surface area contributed by atoms with Gasteiger partial charge in [0.1, 0.15) is 18.9 Å². The van der Waals surface area contributed by atoms with Crippen LogP contribution in [0.15, 0.2) is 42.5 Å². The average Bonchev–Trinajstić information content (AvgIpc) is 2.68. The molecule has 5 heteroatoms. The lowest BCUT2D eigenvalue weighted by atomic mass is 9.84. The lowest BCUT2D eigenvalue weighted by molar-refractivity contribution is 0.0938. The molecule has 1 saturated carbocycles. The molecule has 2 aliphatic heterocycles. The molecule has 0 radical (unpaired) electrons. The SMILES string of the molecule is O=C1c2ccccc2NC2(CCCCC2)N1c1ccc2c(c1)OCCO2. The van der Waals surface area contributed by atoms with Gasteiger partial charge < -0.3 is 14.8 Å². The Bertz CT molecular complexity index is 858. The molecule has 5 nitrogen and oxygen atoms in total. The van der Waals surface area contributed by atoms with Crippen LogP contribution in [0.5, 0.6) is 11.5 Å². The highest BCUT2D eigenvalue weighted by Crippen LogP contribution is 2.44. The quantitative estimate of drug-likeness (QED) is 0.838. The Morgan fingerprint density at radius 2 is 1.69 bits per heavy atom. The van der Waals surface area contributed by atoms with E-state index in [4.69, 9.17) is 9.47 Å². The first-order valence-corrected chi connectivity index (χ1v) is 9.38. The summed E-state index contributed by atoms with van der Waals surface area (Å²) in [7, 11) is 0. The average molecular weight is 350 g/mol. The van der Waals surface area contributed by atoms with E-state index in [1.165, 1.54) is 6.42 Å². The van der Waals surface area contributed by atoms with Gasteiger partial charge in [-0.2, -0.15) is 0 Å². The summed E-state index contributed by atoms with van der Waals surface area (Å²) in [6, 6.07) is 13.6. The van der Waals surface area contributed by atoms with E-state index in [-0.39, 0.29) is 11.6 Å². The standard InChI is InChI=1S/C21H22N2O3/c24-20-16-6-2-3-7-17(16)22-21(10-4-1-5-11-21)23(20)15-8-9-18-19(14-15)26-13-12-25-18/h2-3,6-9,14,22H,1,4-5,10-13H2. The van der Waals surface area contributed by atoms with Crippen LogP contribution in [0.4, 0.5) is 11.4 Å². The molecule has 26 heavy (non-hydrogen) atoms. The van der Waals surface area contributed by atoms with Gasteiger partial charge in [0, 0.05) is 11.8 Å². The zero-order valence-electron chi connectivity index (χ0n) is 14.7. The number of nitrogens with zero attached hydrogens (tertiary/aromatic N) is 1. The van der Waals surface area contributed by atoms with Crippen LogP contribution in [0.1, 0.15) is 42.5 Å². The Morgan fingerprint density at radius 3 is 2.54 bits per heavy atom. The van der Waals surface area contributed by atoms with Crippen LogP contribution in [0, 0.1) is 0 Å². The minimum absolute atomic E-state index is 0.0536. The fraction of sp³-hybridized carbons (Fsp3) is 0.381. The summed E-state index contributed by atoms with van der Waals surface area (Å²) in [5.74, 6) is 1.51. The summed E-state index contributed by atoms with van der Waals surface area (Å²) >= 11 is 0. The van der Waals surface area contributed by atoms with Gasteiger partial charge >= 0.3 is 0 Å². The Hall–Kier alpha value is -2.69. The number of benzene rings is 2. The molecule has 1 N–H and O–H groups in total. The van der Waals surface area contributed by atoms with Crippen molar-refractivity contribution in [3.63, 3.8) is 0 Å². The highest BCUT2D eigenvalue weighted by Gasteiger charge is 2.46. The minimum atomic E-state index is -0.368. The summed E-state index contributed by atoms with van der Waals surface area (Å²) in [5.41, 5.74) is 2.16. The maximum absolute atomic E-state index is 13.5. The van der Waals surface area contributed by atoms with Crippen molar-refractivity contribution >= 4 is 17.3 Å². The number of amides is 1. The van der Waals surface area contributed by atoms with Gasteiger partial charge in [-0.05, 0) is 49.9 Å². The highest BCUT2D eigenvalue weighted by molar-refractivity contribution is 6.13. The molecule has 0 atom stereocenters. The number of carbonyl (C=O) groups is 1. The third-order valence-corrected chi connectivity index (χ3v) is 5.62. The molecular formula is C21H22N2O3. The second-order valence-electron chi connectivity index (χ2n) is 7.23. The number of hydrogen-bond acceptors (Lipinski definition) is 4. The molecule has 0 saturated heterocycles. The molecule has 1 aliphatic carbocycles. The van der Waals surface area contributed by atoms with Gasteiger partial charge in [0.25, 0.3) is 5.91 Å². The van der Waals surface area contributed by atoms with Gasteiger partial charge in [0.05, 0.1) is 11.3 Å². The van der Waals surface area contributed by atoms with Crippen LogP contribution < -0.4 is 19.7 Å². The molecule has 2 heterocycles. The van der Waals surface area contributed by atoms with E-state index in [0.29, 0.717) is 19.0 Å². The van der Waals surface area contributed by atoms with E-state index in [0.717, 1.165) is 48.4 Å². The van der Waals surface area contributed by atoms with Crippen LogP contribution in [0.2, 0.25) is 0 Å². The topological polar surface area (TPSA) is 50.8 Å². The fourth-order valence-corrected chi connectivity index (χ4v) is 4.42. The van der Waals surface area contributed by atoms with Crippen LogP contribution >= 0.6 is 0 Å². The molecule has 2 aromatic carbocycles. The predicted octanol–water partition coefficient (Wildman–Crippen LogP) is 4.19. The van der Waals surface area contributed by atoms with E-state index >= 15 is 0 Å². The molecule has 0 bridgehead atoms. The monoisotopic (exact) mass is 350 g/mol. The zero-order valence-corrected chi connectivity index (χ0v) is 14.7. The molecule has 3 aliphatic rings. The van der Waals surface area contributed by atoms with Gasteiger partial charge in [0.15, 0.2) is 11.5 Å². The molecule has 2 aromatic rings. The molecular weight excluding hydrogens is 328 g/mol. The molecule has 5 rings (SSSR count). The second-order valence-corrected chi connectivity index (χ2v) is 7.23. The van der Waals surface area contributed by atoms with E-state index in [1.54, 1.807) is 0 Å². The number of carbonyl (C=O) groups excluding carboxylic acids is 1. The van der Waals surface area contributed by atoms with Crippen molar-refractivity contribution in [1.29, 1.82) is 0 Å². The van der Waals surface area contributed by atoms with E-state index in [9.17, 15) is 4.79 Å². The second kappa shape index (κ2) is 5.94. The van der Waals surface area contributed by atoms with Gasteiger partial charge in [-0.15, -0.1) is 0 Å². The van der Waals surface area contributed by atoms with E-state index in [2.05, 4.69) is 5.32 Å². The van der Waals surface area contributed by atoms with Crippen molar-refractivity contribution in [1.82, 2.24) is 0 Å². The van der Waals surface area contributed by atoms with Gasteiger partial charge in [-0.3, -0.25) is 9.69 Å². The van der Waals surface area contributed by atoms with E-state index < -0.39 is 0 Å². The molecule has 0 unspecified atom stereocenters. The highest BCUT2D eigenvalue weighted by atomic mass is 16.6. The first-order chi connectivity index (χ1) is 12.8. The normalized spacial score (nSPS) is 20.5. The zero-order chi connectivity index (χ0) is 17.6. The van der Waals surface area contributed by atoms with Crippen molar-refractivity contribution in [3.8, 4) is 11.5 Å². The Balaban J connectivity index is 1.63. The smallest absolute Gasteiger partial charge is 0.262 e. The van der Waals surface area contributed by atoms with Crippen LogP contribution in [-0.4, -0.2) is 24.8 Å². The largest absolute Gasteiger partial charge is 0.486 e. The maximum atomic E-state index is 13.5. The van der Waals surface area contributed by atoms with Crippen LogP contribution in [0.3, 0.4) is 0 Å². The number of anilines is 2. The first-order valence-electron chi connectivity index (χ1n) is 9.38. The summed E-state index contributed by atoms with van der Waals surface area (Å²) in [6.45, 7) is 1.10. The maximum Gasteiger partial charge on any atom is 0.262 e. The summed E-state index contributed by atoms with van der Waals surface area (Å²) in [4.78, 5) is 15.4. The van der Waals surface area contributed by atoms with Gasteiger partial charge in [-0.25, -0.2) is 0 Å². The van der Waals surface area contributed by atoms with Gasteiger partial charge in [-0.1, -0.05) is 18.6 Å². The van der Waals surface area contributed by atoms with Gasteiger partial charge in [0.2, 0.25) is 0 Å².